The lowest BCUT2D eigenvalue weighted by molar-refractivity contribution is 0.346. The van der Waals surface area contributed by atoms with Crippen LogP contribution in [0, 0.1) is 5.92 Å². The molecule has 4 heteroatoms. The summed E-state index contributed by atoms with van der Waals surface area (Å²) in [5.41, 5.74) is 1.15. The summed E-state index contributed by atoms with van der Waals surface area (Å²) in [7, 11) is 0. The van der Waals surface area contributed by atoms with Gasteiger partial charge in [-0.2, -0.15) is 0 Å². The number of benzene rings is 1. The van der Waals surface area contributed by atoms with Gasteiger partial charge >= 0.3 is 0 Å². The number of alkyl halides is 1. The highest BCUT2D eigenvalue weighted by molar-refractivity contribution is 9.10. The van der Waals surface area contributed by atoms with Crippen LogP contribution < -0.4 is 5.32 Å². The first-order valence-corrected chi connectivity index (χ1v) is 8.04. The molecule has 100 valence electrons. The molecular formula is C14H18BrCl2N. The molecular weight excluding hydrogens is 333 g/mol. The Morgan fingerprint density at radius 3 is 2.89 bits per heavy atom. The van der Waals surface area contributed by atoms with Gasteiger partial charge in [0.05, 0.1) is 0 Å². The monoisotopic (exact) mass is 349 g/mol. The summed E-state index contributed by atoms with van der Waals surface area (Å²) in [5, 5.41) is 4.69. The van der Waals surface area contributed by atoms with Crippen LogP contribution >= 0.6 is 39.1 Å². The summed E-state index contributed by atoms with van der Waals surface area (Å²) in [6.45, 7) is 1.87. The van der Waals surface area contributed by atoms with Gasteiger partial charge < -0.3 is 5.32 Å². The molecule has 0 heterocycles. The molecule has 0 radical (unpaired) electrons. The predicted molar refractivity (Wildman–Crippen MR) is 82.5 cm³/mol. The van der Waals surface area contributed by atoms with E-state index in [1.807, 2.05) is 12.1 Å². The van der Waals surface area contributed by atoms with E-state index >= 15 is 0 Å². The van der Waals surface area contributed by atoms with E-state index in [0.29, 0.717) is 5.38 Å². The van der Waals surface area contributed by atoms with Gasteiger partial charge in [-0.1, -0.05) is 40.0 Å². The van der Waals surface area contributed by atoms with E-state index in [1.54, 1.807) is 0 Å². The van der Waals surface area contributed by atoms with Crippen molar-refractivity contribution < 1.29 is 0 Å². The first-order chi connectivity index (χ1) is 8.65. The molecule has 1 nitrogen and oxygen atoms in total. The molecule has 0 aromatic heterocycles. The van der Waals surface area contributed by atoms with Gasteiger partial charge in [0, 0.05) is 21.4 Å². The van der Waals surface area contributed by atoms with Crippen LogP contribution in [0.25, 0.3) is 0 Å². The second kappa shape index (κ2) is 7.14. The molecule has 18 heavy (non-hydrogen) atoms. The average Bonchev–Trinajstić information content (AvgIpc) is 2.32. The SMILES string of the molecule is Clc1cc(Br)ccc1CNCC1CCCC(Cl)C1. The van der Waals surface area contributed by atoms with Crippen molar-refractivity contribution in [3.05, 3.63) is 33.3 Å². The van der Waals surface area contributed by atoms with E-state index in [2.05, 4.69) is 27.3 Å². The third-order valence-corrected chi connectivity index (χ3v) is 4.72. The van der Waals surface area contributed by atoms with Crippen molar-refractivity contribution in [3.63, 3.8) is 0 Å². The first-order valence-electron chi connectivity index (χ1n) is 6.44. The molecule has 0 bridgehead atoms. The van der Waals surface area contributed by atoms with Crippen LogP contribution in [0.3, 0.4) is 0 Å². The normalized spacial score (nSPS) is 24.2. The maximum absolute atomic E-state index is 6.20. The maximum Gasteiger partial charge on any atom is 0.0462 e. The number of hydrogen-bond acceptors (Lipinski definition) is 1. The van der Waals surface area contributed by atoms with Crippen LogP contribution in [-0.2, 0) is 6.54 Å². The van der Waals surface area contributed by atoms with Crippen LogP contribution in [0.2, 0.25) is 5.02 Å². The molecule has 2 rings (SSSR count). The van der Waals surface area contributed by atoms with Crippen molar-refractivity contribution in [2.45, 2.75) is 37.6 Å². The lowest BCUT2D eigenvalue weighted by Gasteiger charge is -2.25. The lowest BCUT2D eigenvalue weighted by Crippen LogP contribution is -2.27. The van der Waals surface area contributed by atoms with Crippen LogP contribution in [-0.4, -0.2) is 11.9 Å². The van der Waals surface area contributed by atoms with Crippen molar-refractivity contribution in [1.29, 1.82) is 0 Å². The lowest BCUT2D eigenvalue weighted by atomic mass is 9.89. The maximum atomic E-state index is 6.20. The van der Waals surface area contributed by atoms with E-state index in [4.69, 9.17) is 23.2 Å². The summed E-state index contributed by atoms with van der Waals surface area (Å²) < 4.78 is 1.02. The zero-order valence-electron chi connectivity index (χ0n) is 10.3. The Morgan fingerprint density at radius 1 is 1.33 bits per heavy atom. The third-order valence-electron chi connectivity index (χ3n) is 3.48. The zero-order chi connectivity index (χ0) is 13.0. The average molecular weight is 351 g/mol. The summed E-state index contributed by atoms with van der Waals surface area (Å²) in [6, 6.07) is 6.02. The quantitative estimate of drug-likeness (QED) is 0.754. The third kappa shape index (κ3) is 4.41. The standard InChI is InChI=1S/C14H18BrCl2N/c15-12-5-4-11(14(17)7-12)9-18-8-10-2-1-3-13(16)6-10/h4-5,7,10,13,18H,1-3,6,8-9H2. The van der Waals surface area contributed by atoms with Gasteiger partial charge in [-0.25, -0.2) is 0 Å². The van der Waals surface area contributed by atoms with Crippen LogP contribution in [0.5, 0.6) is 0 Å². The summed E-state index contributed by atoms with van der Waals surface area (Å²) >= 11 is 15.8. The van der Waals surface area contributed by atoms with E-state index < -0.39 is 0 Å². The van der Waals surface area contributed by atoms with Gasteiger partial charge in [0.2, 0.25) is 0 Å². The molecule has 1 aliphatic rings. The van der Waals surface area contributed by atoms with E-state index in [-0.39, 0.29) is 0 Å². The van der Waals surface area contributed by atoms with Gasteiger partial charge in [0.15, 0.2) is 0 Å². The van der Waals surface area contributed by atoms with Gasteiger partial charge in [-0.3, -0.25) is 0 Å². The smallest absolute Gasteiger partial charge is 0.0462 e. The number of hydrogen-bond donors (Lipinski definition) is 1. The van der Waals surface area contributed by atoms with Crippen molar-refractivity contribution in [3.8, 4) is 0 Å². The van der Waals surface area contributed by atoms with E-state index in [1.165, 1.54) is 19.3 Å². The van der Waals surface area contributed by atoms with Crippen molar-refractivity contribution >= 4 is 39.1 Å². The molecule has 0 aliphatic heterocycles. The molecule has 1 aromatic carbocycles. The molecule has 2 atom stereocenters. The highest BCUT2D eigenvalue weighted by Gasteiger charge is 2.19. The van der Waals surface area contributed by atoms with E-state index in [0.717, 1.165) is 40.5 Å². The van der Waals surface area contributed by atoms with Gasteiger partial charge in [-0.15, -0.1) is 11.6 Å². The van der Waals surface area contributed by atoms with Gasteiger partial charge in [0.1, 0.15) is 0 Å². The fourth-order valence-corrected chi connectivity index (χ4v) is 3.63. The minimum absolute atomic E-state index is 0.377. The predicted octanol–water partition coefficient (Wildman–Crippen LogP) is 4.99. The topological polar surface area (TPSA) is 12.0 Å². The number of nitrogens with one attached hydrogen (secondary N) is 1. The Balaban J connectivity index is 1.77. The van der Waals surface area contributed by atoms with Crippen LogP contribution in [0.4, 0.5) is 0 Å². The fourth-order valence-electron chi connectivity index (χ4n) is 2.49. The largest absolute Gasteiger partial charge is 0.312 e. The van der Waals surface area contributed by atoms with Crippen molar-refractivity contribution in [2.75, 3.05) is 6.54 Å². The zero-order valence-corrected chi connectivity index (χ0v) is 13.4. The molecule has 0 amide bonds. The Morgan fingerprint density at radius 2 is 2.17 bits per heavy atom. The van der Waals surface area contributed by atoms with Crippen LogP contribution in [0.15, 0.2) is 22.7 Å². The molecule has 0 saturated heterocycles. The molecule has 0 spiro atoms. The summed E-state index contributed by atoms with van der Waals surface area (Å²) in [6.07, 6.45) is 4.88. The second-order valence-electron chi connectivity index (χ2n) is 5.00. The molecule has 1 aliphatic carbocycles. The molecule has 1 saturated carbocycles. The molecule has 1 N–H and O–H groups in total. The number of halogens is 3. The Bertz CT molecular complexity index is 397. The Hall–Kier alpha value is 0.240. The number of rotatable bonds is 4. The molecule has 1 aromatic rings. The summed E-state index contributed by atoms with van der Waals surface area (Å²) in [4.78, 5) is 0. The van der Waals surface area contributed by atoms with Crippen molar-refractivity contribution in [2.24, 2.45) is 5.92 Å². The minimum atomic E-state index is 0.377. The van der Waals surface area contributed by atoms with Gasteiger partial charge in [0.25, 0.3) is 0 Å². The highest BCUT2D eigenvalue weighted by Crippen LogP contribution is 2.27. The molecule has 2 unspecified atom stereocenters. The fraction of sp³-hybridized carbons (Fsp3) is 0.571. The van der Waals surface area contributed by atoms with Crippen molar-refractivity contribution in [1.82, 2.24) is 5.32 Å². The van der Waals surface area contributed by atoms with E-state index in [9.17, 15) is 0 Å². The molecule has 1 fully saturated rings. The summed E-state index contributed by atoms with van der Waals surface area (Å²) in [5.74, 6) is 0.718. The van der Waals surface area contributed by atoms with Gasteiger partial charge in [-0.05, 0) is 49.4 Å². The highest BCUT2D eigenvalue weighted by atomic mass is 79.9. The van der Waals surface area contributed by atoms with Crippen LogP contribution in [0.1, 0.15) is 31.2 Å². The Kier molecular flexibility index (Phi) is 5.81. The minimum Gasteiger partial charge on any atom is -0.312 e. The second-order valence-corrected chi connectivity index (χ2v) is 6.94. The Labute approximate surface area is 127 Å². The first kappa shape index (κ1) is 14.6.